The molecule has 0 bridgehead atoms. The third-order valence-electron chi connectivity index (χ3n) is 3.03. The molecule has 9 heteroatoms. The zero-order chi connectivity index (χ0) is 17.6. The number of nitrogens with zero attached hydrogens (tertiary/aromatic N) is 3. The van der Waals surface area contributed by atoms with Crippen LogP contribution in [0, 0.1) is 6.92 Å². The number of aryl methyl sites for hydroxylation is 1. The van der Waals surface area contributed by atoms with Crippen LogP contribution in [0.3, 0.4) is 0 Å². The number of aromatic nitrogens is 3. The average Bonchev–Trinajstić information content (AvgIpc) is 3.05. The first-order valence-corrected chi connectivity index (χ1v) is 9.48. The van der Waals surface area contributed by atoms with Crippen LogP contribution in [-0.2, 0) is 4.79 Å². The van der Waals surface area contributed by atoms with E-state index in [1.54, 1.807) is 12.1 Å². The topological polar surface area (TPSA) is 79.8 Å². The third-order valence-corrected chi connectivity index (χ3v) is 5.23. The predicted molar refractivity (Wildman–Crippen MR) is 103 cm³/mol. The highest BCUT2D eigenvalue weighted by Crippen LogP contribution is 2.27. The van der Waals surface area contributed by atoms with Gasteiger partial charge in [-0.3, -0.25) is 4.79 Å². The minimum Gasteiger partial charge on any atom is -0.330 e. The van der Waals surface area contributed by atoms with Gasteiger partial charge in [0.05, 0.1) is 10.8 Å². The number of carbonyl (C=O) groups is 1. The number of pyridine rings is 1. The van der Waals surface area contributed by atoms with Gasteiger partial charge in [-0.1, -0.05) is 52.4 Å². The summed E-state index contributed by atoms with van der Waals surface area (Å²) in [6.07, 6.45) is 1.48. The summed E-state index contributed by atoms with van der Waals surface area (Å²) in [5.41, 5.74) is 2.14. The van der Waals surface area contributed by atoms with Crippen molar-refractivity contribution >= 4 is 57.2 Å². The number of nitrogens with one attached hydrogen (secondary N) is 2. The molecule has 6 nitrogen and oxygen atoms in total. The quantitative estimate of drug-likeness (QED) is 0.607. The van der Waals surface area contributed by atoms with Gasteiger partial charge in [-0.15, -0.1) is 10.2 Å². The Labute approximate surface area is 158 Å². The highest BCUT2D eigenvalue weighted by atomic mass is 35.5. The zero-order valence-electron chi connectivity index (χ0n) is 13.2. The van der Waals surface area contributed by atoms with E-state index in [9.17, 15) is 4.79 Å². The second-order valence-corrected chi connectivity index (χ2v) is 7.70. The number of anilines is 3. The molecule has 1 aromatic carbocycles. The molecular weight excluding hydrogens is 378 g/mol. The molecule has 0 fully saturated rings. The van der Waals surface area contributed by atoms with E-state index in [4.69, 9.17) is 11.6 Å². The number of thioether (sulfide) groups is 1. The van der Waals surface area contributed by atoms with Crippen molar-refractivity contribution in [2.45, 2.75) is 11.3 Å². The predicted octanol–water partition coefficient (Wildman–Crippen LogP) is 4.37. The molecule has 1 amide bonds. The number of amides is 1. The van der Waals surface area contributed by atoms with Gasteiger partial charge in [0, 0.05) is 11.9 Å². The Balaban J connectivity index is 1.50. The molecule has 0 saturated carbocycles. The molecule has 0 atom stereocenters. The van der Waals surface area contributed by atoms with E-state index in [0.717, 1.165) is 5.69 Å². The standard InChI is InChI=1S/C16H14ClN5OS2/c1-10-2-5-12(6-3-10)19-15-21-22-16(25-15)24-9-14(23)20-13-7-4-11(17)8-18-13/h2-8H,9H2,1H3,(H,19,21)(H,18,20,23). The monoisotopic (exact) mass is 391 g/mol. The molecule has 0 aliphatic carbocycles. The molecule has 0 aliphatic rings. The fourth-order valence-corrected chi connectivity index (χ4v) is 3.52. The fourth-order valence-electron chi connectivity index (χ4n) is 1.83. The lowest BCUT2D eigenvalue weighted by molar-refractivity contribution is -0.113. The maximum Gasteiger partial charge on any atom is 0.235 e. The van der Waals surface area contributed by atoms with Gasteiger partial charge in [0.1, 0.15) is 5.82 Å². The largest absolute Gasteiger partial charge is 0.330 e. The first-order valence-electron chi connectivity index (χ1n) is 7.30. The summed E-state index contributed by atoms with van der Waals surface area (Å²) in [5.74, 6) is 0.528. The van der Waals surface area contributed by atoms with Gasteiger partial charge in [-0.05, 0) is 31.2 Å². The number of halogens is 1. The van der Waals surface area contributed by atoms with Crippen LogP contribution >= 0.6 is 34.7 Å². The van der Waals surface area contributed by atoms with Gasteiger partial charge in [0.15, 0.2) is 4.34 Å². The summed E-state index contributed by atoms with van der Waals surface area (Å²) in [6, 6.07) is 11.3. The second-order valence-electron chi connectivity index (χ2n) is 5.06. The van der Waals surface area contributed by atoms with Crippen LogP contribution in [0.4, 0.5) is 16.6 Å². The van der Waals surface area contributed by atoms with Crippen molar-refractivity contribution < 1.29 is 4.79 Å². The highest BCUT2D eigenvalue weighted by molar-refractivity contribution is 8.01. The second kappa shape index (κ2) is 8.28. The Bertz CT molecular complexity index is 852. The molecule has 128 valence electrons. The molecule has 2 N–H and O–H groups in total. The zero-order valence-corrected chi connectivity index (χ0v) is 15.6. The van der Waals surface area contributed by atoms with Crippen molar-refractivity contribution in [2.75, 3.05) is 16.4 Å². The molecule has 3 rings (SSSR count). The first-order chi connectivity index (χ1) is 12.1. The minimum atomic E-state index is -0.164. The normalized spacial score (nSPS) is 10.5. The molecule has 3 aromatic rings. The van der Waals surface area contributed by atoms with Crippen molar-refractivity contribution in [1.82, 2.24) is 15.2 Å². The number of hydrogen-bond acceptors (Lipinski definition) is 7. The van der Waals surface area contributed by atoms with E-state index in [2.05, 4.69) is 25.8 Å². The first kappa shape index (κ1) is 17.7. The van der Waals surface area contributed by atoms with E-state index < -0.39 is 0 Å². The smallest absolute Gasteiger partial charge is 0.235 e. The molecule has 2 aromatic heterocycles. The minimum absolute atomic E-state index is 0.164. The molecule has 0 spiro atoms. The number of benzene rings is 1. The number of hydrogen-bond donors (Lipinski definition) is 2. The van der Waals surface area contributed by atoms with Gasteiger partial charge in [-0.25, -0.2) is 4.98 Å². The number of rotatable bonds is 6. The highest BCUT2D eigenvalue weighted by Gasteiger charge is 2.09. The van der Waals surface area contributed by atoms with Crippen LogP contribution in [0.25, 0.3) is 0 Å². The van der Waals surface area contributed by atoms with Crippen molar-refractivity contribution in [1.29, 1.82) is 0 Å². The molecule has 0 saturated heterocycles. The van der Waals surface area contributed by atoms with Crippen molar-refractivity contribution in [3.05, 3.63) is 53.2 Å². The van der Waals surface area contributed by atoms with Crippen LogP contribution < -0.4 is 10.6 Å². The average molecular weight is 392 g/mol. The summed E-state index contributed by atoms with van der Waals surface area (Å²) >= 11 is 8.48. The van der Waals surface area contributed by atoms with Crippen LogP contribution in [0.15, 0.2) is 46.9 Å². The van der Waals surface area contributed by atoms with Gasteiger partial charge >= 0.3 is 0 Å². The molecule has 0 aliphatic heterocycles. The Morgan fingerprint density at radius 2 is 2.00 bits per heavy atom. The summed E-state index contributed by atoms with van der Waals surface area (Å²) < 4.78 is 0.717. The Hall–Kier alpha value is -2.16. The summed E-state index contributed by atoms with van der Waals surface area (Å²) in [4.78, 5) is 16.0. The van der Waals surface area contributed by atoms with Crippen molar-refractivity contribution in [3.8, 4) is 0 Å². The van der Waals surface area contributed by atoms with Crippen LogP contribution in [0.2, 0.25) is 5.02 Å². The SMILES string of the molecule is Cc1ccc(Nc2nnc(SCC(=O)Nc3ccc(Cl)cn3)s2)cc1. The summed E-state index contributed by atoms with van der Waals surface area (Å²) in [7, 11) is 0. The van der Waals surface area contributed by atoms with Gasteiger partial charge < -0.3 is 10.6 Å². The maximum absolute atomic E-state index is 11.9. The van der Waals surface area contributed by atoms with Crippen molar-refractivity contribution in [3.63, 3.8) is 0 Å². The molecule has 0 radical (unpaired) electrons. The lowest BCUT2D eigenvalue weighted by Gasteiger charge is -2.02. The molecule has 0 unspecified atom stereocenters. The van der Waals surface area contributed by atoms with Crippen molar-refractivity contribution in [2.24, 2.45) is 0 Å². The Morgan fingerprint density at radius 3 is 2.72 bits per heavy atom. The van der Waals surface area contributed by atoms with E-state index in [-0.39, 0.29) is 11.7 Å². The summed E-state index contributed by atoms with van der Waals surface area (Å²) in [6.45, 7) is 2.04. The van der Waals surface area contributed by atoms with E-state index >= 15 is 0 Å². The lowest BCUT2D eigenvalue weighted by Crippen LogP contribution is -2.14. The molecule has 2 heterocycles. The number of carbonyl (C=O) groups excluding carboxylic acids is 1. The van der Waals surface area contributed by atoms with Gasteiger partial charge in [0.25, 0.3) is 0 Å². The molecule has 25 heavy (non-hydrogen) atoms. The van der Waals surface area contributed by atoms with Crippen LogP contribution in [0.1, 0.15) is 5.56 Å². The fraction of sp³-hybridized carbons (Fsp3) is 0.125. The third kappa shape index (κ3) is 5.42. The maximum atomic E-state index is 11.9. The van der Waals surface area contributed by atoms with Gasteiger partial charge in [0.2, 0.25) is 11.0 Å². The lowest BCUT2D eigenvalue weighted by atomic mass is 10.2. The summed E-state index contributed by atoms with van der Waals surface area (Å²) in [5, 5.41) is 15.3. The Morgan fingerprint density at radius 1 is 1.20 bits per heavy atom. The van der Waals surface area contributed by atoms with Gasteiger partial charge in [-0.2, -0.15) is 0 Å². The van der Waals surface area contributed by atoms with Crippen LogP contribution in [-0.4, -0.2) is 26.8 Å². The van der Waals surface area contributed by atoms with E-state index in [1.807, 2.05) is 31.2 Å². The Kier molecular flexibility index (Phi) is 5.85. The van der Waals surface area contributed by atoms with E-state index in [0.29, 0.717) is 20.3 Å². The van der Waals surface area contributed by atoms with Crippen LogP contribution in [0.5, 0.6) is 0 Å². The molecular formula is C16H14ClN5OS2. The van der Waals surface area contributed by atoms with E-state index in [1.165, 1.54) is 34.9 Å².